The topological polar surface area (TPSA) is 47.6 Å². The first kappa shape index (κ1) is 9.24. The molecule has 0 aliphatic heterocycles. The molecule has 0 amide bonds. The molecule has 2 aromatic carbocycles. The molecule has 2 heteroatoms. The lowest BCUT2D eigenvalue weighted by Crippen LogP contribution is -1.85. The fourth-order valence-electron chi connectivity index (χ4n) is 1.60. The Balaban J connectivity index is 2.84. The van der Waals surface area contributed by atoms with E-state index in [1.54, 1.807) is 12.1 Å². The van der Waals surface area contributed by atoms with Gasteiger partial charge in [0, 0.05) is 0 Å². The van der Waals surface area contributed by atoms with Gasteiger partial charge in [0.25, 0.3) is 0 Å². The molecule has 0 saturated heterocycles. The van der Waals surface area contributed by atoms with Crippen LogP contribution in [0.2, 0.25) is 0 Å². The van der Waals surface area contributed by atoms with Gasteiger partial charge in [0.15, 0.2) is 0 Å². The van der Waals surface area contributed by atoms with Crippen molar-refractivity contribution in [3.05, 3.63) is 47.0 Å². The van der Waals surface area contributed by atoms with Gasteiger partial charge in [-0.3, -0.25) is 0 Å². The molecule has 0 aliphatic carbocycles. The summed E-state index contributed by atoms with van der Waals surface area (Å²) < 4.78 is 0. The quantitative estimate of drug-likeness (QED) is 0.644. The van der Waals surface area contributed by atoms with Gasteiger partial charge in [-0.25, -0.2) is 0 Å². The Hall–Kier alpha value is -2.32. The van der Waals surface area contributed by atoms with E-state index in [2.05, 4.69) is 0 Å². The Kier molecular flexibility index (Phi) is 2.12. The molecule has 0 unspecified atom stereocenters. The molecular formula is C13H8N2. The van der Waals surface area contributed by atoms with Gasteiger partial charge in [0.2, 0.25) is 0 Å². The highest BCUT2D eigenvalue weighted by atomic mass is 14.3. The van der Waals surface area contributed by atoms with E-state index in [-0.39, 0.29) is 0 Å². The van der Waals surface area contributed by atoms with Gasteiger partial charge < -0.3 is 0 Å². The van der Waals surface area contributed by atoms with Crippen molar-refractivity contribution in [1.82, 2.24) is 0 Å². The monoisotopic (exact) mass is 192 g/mol. The third kappa shape index (κ3) is 1.54. The summed E-state index contributed by atoms with van der Waals surface area (Å²) in [5.41, 5.74) is 2.03. The highest BCUT2D eigenvalue weighted by Gasteiger charge is 2.03. The van der Waals surface area contributed by atoms with Gasteiger partial charge >= 0.3 is 0 Å². The van der Waals surface area contributed by atoms with E-state index in [1.165, 1.54) is 0 Å². The average Bonchev–Trinajstić information content (AvgIpc) is 2.27. The summed E-state index contributed by atoms with van der Waals surface area (Å²) in [6.45, 7) is 2.00. The number of rotatable bonds is 0. The van der Waals surface area contributed by atoms with E-state index in [1.807, 2.05) is 37.3 Å². The smallest absolute Gasteiger partial charge is 0.101 e. The molecule has 0 N–H and O–H groups in total. The molecule has 2 aromatic rings. The minimum absolute atomic E-state index is 0.439. The summed E-state index contributed by atoms with van der Waals surface area (Å²) in [6.07, 6.45) is 0. The zero-order valence-electron chi connectivity index (χ0n) is 8.28. The number of hydrogen-bond donors (Lipinski definition) is 0. The molecule has 0 saturated carbocycles. The molecule has 0 spiro atoms. The number of benzene rings is 2. The molecule has 2 rings (SSSR count). The van der Waals surface area contributed by atoms with Crippen LogP contribution in [-0.2, 0) is 0 Å². The fourth-order valence-corrected chi connectivity index (χ4v) is 1.60. The van der Waals surface area contributed by atoms with Crippen molar-refractivity contribution in [3.63, 3.8) is 0 Å². The SMILES string of the molecule is Cc1ccc2cc(C#N)c(C#N)cc2c1. The van der Waals surface area contributed by atoms with Crippen LogP contribution in [0.25, 0.3) is 10.8 Å². The van der Waals surface area contributed by atoms with Crippen molar-refractivity contribution >= 4 is 10.8 Å². The van der Waals surface area contributed by atoms with E-state index < -0.39 is 0 Å². The van der Waals surface area contributed by atoms with Crippen LogP contribution in [0.3, 0.4) is 0 Å². The molecule has 15 heavy (non-hydrogen) atoms. The van der Waals surface area contributed by atoms with Crippen molar-refractivity contribution in [3.8, 4) is 12.1 Å². The van der Waals surface area contributed by atoms with E-state index in [0.29, 0.717) is 11.1 Å². The number of nitrogens with zero attached hydrogens (tertiary/aromatic N) is 2. The van der Waals surface area contributed by atoms with Gasteiger partial charge in [-0.2, -0.15) is 10.5 Å². The number of aryl methyl sites for hydroxylation is 1. The number of hydrogen-bond acceptors (Lipinski definition) is 2. The molecule has 0 aromatic heterocycles. The summed E-state index contributed by atoms with van der Waals surface area (Å²) in [4.78, 5) is 0. The van der Waals surface area contributed by atoms with Crippen molar-refractivity contribution < 1.29 is 0 Å². The first-order valence-corrected chi connectivity index (χ1v) is 4.59. The standard InChI is InChI=1S/C13H8N2/c1-9-2-3-10-5-12(7-14)13(8-15)6-11(10)4-9/h2-6H,1H3. The van der Waals surface area contributed by atoms with Crippen molar-refractivity contribution in [1.29, 1.82) is 10.5 Å². The van der Waals surface area contributed by atoms with Crippen LogP contribution in [0.1, 0.15) is 16.7 Å². The summed E-state index contributed by atoms with van der Waals surface area (Å²) in [5, 5.41) is 19.7. The largest absolute Gasteiger partial charge is 0.192 e. The van der Waals surface area contributed by atoms with Crippen LogP contribution < -0.4 is 0 Å². The van der Waals surface area contributed by atoms with Gasteiger partial charge in [0.05, 0.1) is 11.1 Å². The zero-order valence-corrected chi connectivity index (χ0v) is 8.28. The molecule has 0 aliphatic rings. The summed E-state index contributed by atoms with van der Waals surface area (Å²) in [6, 6.07) is 13.6. The van der Waals surface area contributed by atoms with Crippen molar-refractivity contribution in [2.75, 3.05) is 0 Å². The van der Waals surface area contributed by atoms with Crippen LogP contribution in [-0.4, -0.2) is 0 Å². The Labute approximate surface area is 88.0 Å². The second-order valence-electron chi connectivity index (χ2n) is 3.47. The Morgan fingerprint density at radius 1 is 0.867 bits per heavy atom. The Morgan fingerprint density at radius 3 is 2.07 bits per heavy atom. The minimum atomic E-state index is 0.439. The maximum absolute atomic E-state index is 8.88. The van der Waals surface area contributed by atoms with Crippen LogP contribution in [0.4, 0.5) is 0 Å². The number of fused-ring (bicyclic) bond motifs is 1. The van der Waals surface area contributed by atoms with Crippen LogP contribution in [0.5, 0.6) is 0 Å². The first-order chi connectivity index (χ1) is 7.24. The van der Waals surface area contributed by atoms with E-state index >= 15 is 0 Å². The summed E-state index contributed by atoms with van der Waals surface area (Å²) in [7, 11) is 0. The highest BCUT2D eigenvalue weighted by Crippen LogP contribution is 2.20. The van der Waals surface area contributed by atoms with Crippen LogP contribution >= 0.6 is 0 Å². The second kappa shape index (κ2) is 3.44. The normalized spacial score (nSPS) is 9.53. The third-order valence-corrected chi connectivity index (χ3v) is 2.37. The van der Waals surface area contributed by atoms with Crippen molar-refractivity contribution in [2.45, 2.75) is 6.92 Å². The summed E-state index contributed by atoms with van der Waals surface area (Å²) in [5.74, 6) is 0. The van der Waals surface area contributed by atoms with E-state index in [9.17, 15) is 0 Å². The molecule has 0 radical (unpaired) electrons. The van der Waals surface area contributed by atoms with E-state index in [4.69, 9.17) is 10.5 Å². The number of nitriles is 2. The first-order valence-electron chi connectivity index (χ1n) is 4.59. The molecule has 0 fully saturated rings. The van der Waals surface area contributed by atoms with Gasteiger partial charge in [-0.15, -0.1) is 0 Å². The molecule has 0 bridgehead atoms. The highest BCUT2D eigenvalue weighted by molar-refractivity contribution is 5.86. The van der Waals surface area contributed by atoms with Gasteiger partial charge in [-0.1, -0.05) is 23.8 Å². The maximum atomic E-state index is 8.88. The predicted octanol–water partition coefficient (Wildman–Crippen LogP) is 2.89. The predicted molar refractivity (Wildman–Crippen MR) is 58.1 cm³/mol. The van der Waals surface area contributed by atoms with Gasteiger partial charge in [0.1, 0.15) is 12.1 Å². The summed E-state index contributed by atoms with van der Waals surface area (Å²) >= 11 is 0. The van der Waals surface area contributed by atoms with Gasteiger partial charge in [-0.05, 0) is 29.8 Å². The molecule has 0 heterocycles. The Bertz CT molecular complexity index is 613. The average molecular weight is 192 g/mol. The Morgan fingerprint density at radius 2 is 1.47 bits per heavy atom. The minimum Gasteiger partial charge on any atom is -0.192 e. The van der Waals surface area contributed by atoms with Crippen molar-refractivity contribution in [2.24, 2.45) is 0 Å². The van der Waals surface area contributed by atoms with Crippen LogP contribution in [0, 0.1) is 29.6 Å². The molecular weight excluding hydrogens is 184 g/mol. The molecule has 0 atom stereocenters. The molecule has 2 nitrogen and oxygen atoms in total. The fraction of sp³-hybridized carbons (Fsp3) is 0.0769. The molecule has 70 valence electrons. The second-order valence-corrected chi connectivity index (χ2v) is 3.47. The lowest BCUT2D eigenvalue weighted by Gasteiger charge is -2.01. The zero-order chi connectivity index (χ0) is 10.8. The maximum Gasteiger partial charge on any atom is 0.101 e. The lowest BCUT2D eigenvalue weighted by atomic mass is 10.0. The third-order valence-electron chi connectivity index (χ3n) is 2.37. The van der Waals surface area contributed by atoms with E-state index in [0.717, 1.165) is 16.3 Å². The van der Waals surface area contributed by atoms with Crippen LogP contribution in [0.15, 0.2) is 30.3 Å². The lowest BCUT2D eigenvalue weighted by molar-refractivity contribution is 1.44.